The number of unbranched alkanes of at least 4 members (excludes halogenated alkanes) is 1. The van der Waals surface area contributed by atoms with Gasteiger partial charge in [-0.15, -0.1) is 0 Å². The molecule has 4 unspecified atom stereocenters. The molecule has 7 heteroatoms. The van der Waals surface area contributed by atoms with Gasteiger partial charge >= 0.3 is 5.97 Å². The highest BCUT2D eigenvalue weighted by Crippen LogP contribution is 2.48. The number of fused-ring (bicyclic) bond motifs is 1. The van der Waals surface area contributed by atoms with E-state index in [1.165, 1.54) is 0 Å². The second kappa shape index (κ2) is 6.18. The van der Waals surface area contributed by atoms with Crippen LogP contribution in [0.5, 0.6) is 0 Å². The Labute approximate surface area is 144 Å². The monoisotopic (exact) mass is 350 g/mol. The quantitative estimate of drug-likeness (QED) is 0.705. The first-order valence-electron chi connectivity index (χ1n) is 8.02. The molecule has 4 atom stereocenters. The minimum atomic E-state index is -1.44. The van der Waals surface area contributed by atoms with Crippen LogP contribution in [0.15, 0.2) is 24.3 Å². The molecule has 0 bridgehead atoms. The SMILES string of the molecule is CCCCC1(C(=O)O)NC(c2cccc(Cl)c2)C2C(=O)NC(=O)C21. The van der Waals surface area contributed by atoms with E-state index in [1.54, 1.807) is 24.3 Å². The van der Waals surface area contributed by atoms with Gasteiger partial charge in [-0.1, -0.05) is 43.5 Å². The molecule has 3 rings (SSSR count). The predicted molar refractivity (Wildman–Crippen MR) is 87.4 cm³/mol. The van der Waals surface area contributed by atoms with E-state index in [0.717, 1.165) is 6.42 Å². The van der Waals surface area contributed by atoms with E-state index in [0.29, 0.717) is 17.0 Å². The van der Waals surface area contributed by atoms with Crippen molar-refractivity contribution < 1.29 is 19.5 Å². The summed E-state index contributed by atoms with van der Waals surface area (Å²) in [6.45, 7) is 1.95. The Morgan fingerprint density at radius 3 is 2.71 bits per heavy atom. The highest BCUT2D eigenvalue weighted by molar-refractivity contribution is 6.30. The summed E-state index contributed by atoms with van der Waals surface area (Å²) in [4.78, 5) is 36.7. The fraction of sp³-hybridized carbons (Fsp3) is 0.471. The Hall–Kier alpha value is -1.92. The number of carbonyl (C=O) groups is 3. The van der Waals surface area contributed by atoms with Gasteiger partial charge in [0.25, 0.3) is 0 Å². The first-order valence-corrected chi connectivity index (χ1v) is 8.39. The van der Waals surface area contributed by atoms with Crippen LogP contribution in [0.25, 0.3) is 0 Å². The summed E-state index contributed by atoms with van der Waals surface area (Å²) in [6, 6.07) is 6.38. The van der Waals surface area contributed by atoms with E-state index >= 15 is 0 Å². The molecule has 2 amide bonds. The van der Waals surface area contributed by atoms with E-state index in [-0.39, 0.29) is 6.42 Å². The van der Waals surface area contributed by atoms with Gasteiger partial charge < -0.3 is 5.11 Å². The zero-order valence-electron chi connectivity index (χ0n) is 13.2. The van der Waals surface area contributed by atoms with Gasteiger partial charge in [-0.05, 0) is 24.1 Å². The van der Waals surface area contributed by atoms with Gasteiger partial charge in [0.15, 0.2) is 0 Å². The highest BCUT2D eigenvalue weighted by Gasteiger charge is 2.65. The van der Waals surface area contributed by atoms with Gasteiger partial charge in [-0.25, -0.2) is 0 Å². The Balaban J connectivity index is 2.08. The molecule has 2 saturated heterocycles. The number of benzene rings is 1. The van der Waals surface area contributed by atoms with Crippen molar-refractivity contribution in [2.45, 2.75) is 37.8 Å². The Morgan fingerprint density at radius 2 is 2.08 bits per heavy atom. The number of carbonyl (C=O) groups excluding carboxylic acids is 2. The maximum absolute atomic E-state index is 12.3. The van der Waals surface area contributed by atoms with Crippen LogP contribution in [0.1, 0.15) is 37.8 Å². The van der Waals surface area contributed by atoms with Crippen molar-refractivity contribution >= 4 is 29.4 Å². The van der Waals surface area contributed by atoms with Gasteiger partial charge in [0.05, 0.1) is 11.8 Å². The molecule has 2 aliphatic rings. The van der Waals surface area contributed by atoms with Crippen LogP contribution in [-0.2, 0) is 14.4 Å². The number of hydrogen-bond acceptors (Lipinski definition) is 4. The Kier molecular flexibility index (Phi) is 4.36. The van der Waals surface area contributed by atoms with E-state index in [2.05, 4.69) is 10.6 Å². The summed E-state index contributed by atoms with van der Waals surface area (Å²) in [5, 5.41) is 15.8. The number of aliphatic carboxylic acids is 1. The lowest BCUT2D eigenvalue weighted by atomic mass is 9.77. The maximum atomic E-state index is 12.3. The van der Waals surface area contributed by atoms with Crippen molar-refractivity contribution in [3.05, 3.63) is 34.9 Å². The topological polar surface area (TPSA) is 95.5 Å². The molecule has 0 aliphatic carbocycles. The molecular weight excluding hydrogens is 332 g/mol. The molecule has 128 valence electrons. The lowest BCUT2D eigenvalue weighted by Crippen LogP contribution is -2.55. The van der Waals surface area contributed by atoms with Crippen LogP contribution in [0.4, 0.5) is 0 Å². The van der Waals surface area contributed by atoms with Gasteiger partial charge in [0.2, 0.25) is 11.8 Å². The number of nitrogens with one attached hydrogen (secondary N) is 2. The summed E-state index contributed by atoms with van der Waals surface area (Å²) >= 11 is 6.04. The number of halogens is 1. The lowest BCUT2D eigenvalue weighted by Gasteiger charge is -2.29. The third-order valence-corrected chi connectivity index (χ3v) is 5.24. The summed E-state index contributed by atoms with van der Waals surface area (Å²) in [6.07, 6.45) is 1.73. The second-order valence-corrected chi connectivity index (χ2v) is 6.85. The number of hydrogen-bond donors (Lipinski definition) is 3. The minimum Gasteiger partial charge on any atom is -0.480 e. The van der Waals surface area contributed by atoms with E-state index in [1.807, 2.05) is 6.92 Å². The molecule has 6 nitrogen and oxygen atoms in total. The molecule has 0 spiro atoms. The van der Waals surface area contributed by atoms with Crippen molar-refractivity contribution in [3.8, 4) is 0 Å². The number of amides is 2. The average molecular weight is 351 g/mol. The number of imide groups is 1. The number of carboxylic acid groups (broad SMARTS) is 1. The Morgan fingerprint density at radius 1 is 1.33 bits per heavy atom. The van der Waals surface area contributed by atoms with Crippen LogP contribution in [-0.4, -0.2) is 28.4 Å². The molecule has 2 heterocycles. The molecule has 0 radical (unpaired) electrons. The molecular formula is C17H19ClN2O4. The third-order valence-electron chi connectivity index (χ3n) is 5.01. The molecule has 1 aromatic carbocycles. The van der Waals surface area contributed by atoms with Crippen molar-refractivity contribution in [1.29, 1.82) is 0 Å². The number of rotatable bonds is 5. The average Bonchev–Trinajstić information content (AvgIpc) is 3.03. The smallest absolute Gasteiger partial charge is 0.324 e. The number of carboxylic acids is 1. The molecule has 3 N–H and O–H groups in total. The fourth-order valence-electron chi connectivity index (χ4n) is 3.90. The molecule has 2 aliphatic heterocycles. The molecule has 24 heavy (non-hydrogen) atoms. The van der Waals surface area contributed by atoms with Gasteiger partial charge in [0.1, 0.15) is 5.54 Å². The van der Waals surface area contributed by atoms with Gasteiger partial charge in [-0.3, -0.25) is 25.0 Å². The Bertz CT molecular complexity index is 708. The molecule has 2 fully saturated rings. The maximum Gasteiger partial charge on any atom is 0.324 e. The highest BCUT2D eigenvalue weighted by atomic mass is 35.5. The first kappa shape index (κ1) is 16.9. The van der Waals surface area contributed by atoms with Crippen molar-refractivity contribution in [3.63, 3.8) is 0 Å². The van der Waals surface area contributed by atoms with E-state index < -0.39 is 41.2 Å². The van der Waals surface area contributed by atoms with Crippen LogP contribution >= 0.6 is 11.6 Å². The van der Waals surface area contributed by atoms with Crippen molar-refractivity contribution in [1.82, 2.24) is 10.6 Å². The third kappa shape index (κ3) is 2.50. The van der Waals surface area contributed by atoms with Crippen LogP contribution < -0.4 is 10.6 Å². The molecule has 0 aromatic heterocycles. The zero-order chi connectivity index (χ0) is 17.5. The summed E-state index contributed by atoms with van der Waals surface area (Å²) in [7, 11) is 0. The summed E-state index contributed by atoms with van der Waals surface area (Å²) < 4.78 is 0. The van der Waals surface area contributed by atoms with Gasteiger partial charge in [0, 0.05) is 11.1 Å². The lowest BCUT2D eigenvalue weighted by molar-refractivity contribution is -0.149. The van der Waals surface area contributed by atoms with E-state index in [9.17, 15) is 19.5 Å². The largest absolute Gasteiger partial charge is 0.480 e. The predicted octanol–water partition coefficient (Wildman–Crippen LogP) is 1.89. The zero-order valence-corrected chi connectivity index (χ0v) is 14.0. The molecule has 1 aromatic rings. The van der Waals surface area contributed by atoms with Crippen molar-refractivity contribution in [2.75, 3.05) is 0 Å². The van der Waals surface area contributed by atoms with Crippen LogP contribution in [0.3, 0.4) is 0 Å². The summed E-state index contributed by atoms with van der Waals surface area (Å²) in [5.41, 5.74) is -0.730. The second-order valence-electron chi connectivity index (χ2n) is 6.41. The fourth-order valence-corrected chi connectivity index (χ4v) is 4.10. The van der Waals surface area contributed by atoms with E-state index in [4.69, 9.17) is 11.6 Å². The normalized spacial score (nSPS) is 31.8. The molecule has 0 saturated carbocycles. The van der Waals surface area contributed by atoms with Crippen LogP contribution in [0.2, 0.25) is 5.02 Å². The van der Waals surface area contributed by atoms with Crippen molar-refractivity contribution in [2.24, 2.45) is 11.8 Å². The summed E-state index contributed by atoms with van der Waals surface area (Å²) in [5.74, 6) is -3.70. The first-order chi connectivity index (χ1) is 11.4. The standard InChI is InChI=1S/C17H19ClN2O4/c1-2-3-7-17(16(23)24)12-11(14(21)19-15(12)22)13(20-17)9-5-4-6-10(18)8-9/h4-6,8,11-13,20H,2-3,7H2,1H3,(H,23,24)(H,19,21,22). The van der Waals surface area contributed by atoms with Gasteiger partial charge in [-0.2, -0.15) is 0 Å². The van der Waals surface area contributed by atoms with Crippen LogP contribution in [0, 0.1) is 11.8 Å². The minimum absolute atomic E-state index is 0.289.